The third-order valence-electron chi connectivity index (χ3n) is 6.04. The quantitative estimate of drug-likeness (QED) is 0.229. The van der Waals surface area contributed by atoms with Crippen molar-refractivity contribution in [2.45, 2.75) is 13.8 Å². The van der Waals surface area contributed by atoms with E-state index >= 15 is 0 Å². The van der Waals surface area contributed by atoms with Crippen LogP contribution in [-0.4, -0.2) is 89.5 Å². The average Bonchev–Trinajstić information content (AvgIpc) is 2.79. The van der Waals surface area contributed by atoms with Crippen molar-refractivity contribution in [2.75, 3.05) is 67.6 Å². The summed E-state index contributed by atoms with van der Waals surface area (Å²) in [6.45, 7) is 5.23. The number of hydrogen-bond donors (Lipinski definition) is 6. The molecule has 0 radical (unpaired) electrons. The van der Waals surface area contributed by atoms with Crippen molar-refractivity contribution in [1.29, 1.82) is 0 Å². The van der Waals surface area contributed by atoms with E-state index in [9.17, 15) is 29.4 Å². The number of anilines is 4. The van der Waals surface area contributed by atoms with Gasteiger partial charge in [-0.05, 0) is 24.3 Å². The second-order valence-corrected chi connectivity index (χ2v) is 9.36. The summed E-state index contributed by atoms with van der Waals surface area (Å²) >= 11 is 0. The SMILES string of the molecule is CC(=O)Nc1cccc(O)c1NC(=O)CN1CC[N+](C)(CC(=O)Nc2c(O)cccc2NC(C)=O)CC1. The minimum absolute atomic E-state index is 0.0814. The minimum atomic E-state index is -0.341. The first-order valence-corrected chi connectivity index (χ1v) is 11.8. The monoisotopic (exact) mass is 513 g/mol. The van der Waals surface area contributed by atoms with E-state index < -0.39 is 0 Å². The molecule has 1 aliphatic heterocycles. The van der Waals surface area contributed by atoms with Crippen molar-refractivity contribution >= 4 is 46.4 Å². The van der Waals surface area contributed by atoms with Crippen molar-refractivity contribution in [2.24, 2.45) is 0 Å². The Bertz CT molecular complexity index is 1190. The Kier molecular flexibility index (Phi) is 8.69. The number of rotatable bonds is 8. The largest absolute Gasteiger partial charge is 0.506 e. The van der Waals surface area contributed by atoms with Gasteiger partial charge in [-0.2, -0.15) is 0 Å². The summed E-state index contributed by atoms with van der Waals surface area (Å²) in [4.78, 5) is 50.3. The summed E-state index contributed by atoms with van der Waals surface area (Å²) in [6, 6.07) is 9.15. The van der Waals surface area contributed by atoms with Gasteiger partial charge in [-0.25, -0.2) is 0 Å². The standard InChI is InChI=1S/C25H32N6O6/c1-16(32)26-18-6-4-8-20(34)24(18)28-22(36)14-30-10-12-31(3,13-11-30)15-23(37)29-25-19(27-17(2)33)7-5-9-21(25)35/h4-9H,10-15H2,1-3H3,(H5-,26,27,28,29,32,33,34,35,36,37)/p+1. The number of carbonyl (C=O) groups excluding carboxylic acids is 4. The van der Waals surface area contributed by atoms with Crippen molar-refractivity contribution in [3.8, 4) is 11.5 Å². The van der Waals surface area contributed by atoms with Crippen LogP contribution in [0.3, 0.4) is 0 Å². The van der Waals surface area contributed by atoms with E-state index in [1.807, 2.05) is 11.9 Å². The lowest BCUT2D eigenvalue weighted by Crippen LogP contribution is -2.60. The number of hydrogen-bond acceptors (Lipinski definition) is 7. The van der Waals surface area contributed by atoms with E-state index in [0.717, 1.165) is 0 Å². The van der Waals surface area contributed by atoms with Crippen LogP contribution in [0, 0.1) is 0 Å². The van der Waals surface area contributed by atoms with Gasteiger partial charge in [-0.3, -0.25) is 24.1 Å². The molecule has 0 atom stereocenters. The molecule has 1 aliphatic rings. The summed E-state index contributed by atoms with van der Waals surface area (Å²) in [5.74, 6) is -1.61. The molecular weight excluding hydrogens is 480 g/mol. The average molecular weight is 514 g/mol. The molecule has 1 heterocycles. The molecular formula is C25H33N6O6+. The van der Waals surface area contributed by atoms with Crippen molar-refractivity contribution in [3.05, 3.63) is 36.4 Å². The molecule has 37 heavy (non-hydrogen) atoms. The lowest BCUT2D eigenvalue weighted by molar-refractivity contribution is -0.905. The molecule has 0 aliphatic carbocycles. The maximum absolute atomic E-state index is 12.8. The molecule has 3 rings (SSSR count). The fourth-order valence-electron chi connectivity index (χ4n) is 4.14. The maximum atomic E-state index is 12.8. The number of aromatic hydroxyl groups is 2. The lowest BCUT2D eigenvalue weighted by atomic mass is 10.2. The van der Waals surface area contributed by atoms with Crippen LogP contribution < -0.4 is 21.3 Å². The molecule has 198 valence electrons. The second-order valence-electron chi connectivity index (χ2n) is 9.36. The summed E-state index contributed by atoms with van der Waals surface area (Å²) in [7, 11) is 1.94. The second kappa shape index (κ2) is 11.7. The number of nitrogens with one attached hydrogen (secondary N) is 4. The highest BCUT2D eigenvalue weighted by atomic mass is 16.3. The highest BCUT2D eigenvalue weighted by molar-refractivity contribution is 6.02. The fraction of sp³-hybridized carbons (Fsp3) is 0.360. The third kappa shape index (κ3) is 7.66. The zero-order chi connectivity index (χ0) is 27.2. The summed E-state index contributed by atoms with van der Waals surface area (Å²) in [5, 5.41) is 30.9. The number of phenolic OH excluding ortho intramolecular Hbond substituents is 2. The first-order valence-electron chi connectivity index (χ1n) is 11.8. The summed E-state index contributed by atoms with van der Waals surface area (Å²) < 4.78 is 0.430. The number of amides is 4. The van der Waals surface area contributed by atoms with Gasteiger partial charge in [-0.15, -0.1) is 0 Å². The molecule has 0 saturated carbocycles. The van der Waals surface area contributed by atoms with Crippen LogP contribution in [-0.2, 0) is 19.2 Å². The van der Waals surface area contributed by atoms with Crippen LogP contribution in [0.2, 0.25) is 0 Å². The van der Waals surface area contributed by atoms with Gasteiger partial charge >= 0.3 is 0 Å². The minimum Gasteiger partial charge on any atom is -0.506 e. The van der Waals surface area contributed by atoms with Gasteiger partial charge in [-0.1, -0.05) is 12.1 Å². The molecule has 6 N–H and O–H groups in total. The number of benzene rings is 2. The predicted octanol–water partition coefficient (Wildman–Crippen LogP) is 1.35. The molecule has 2 aromatic rings. The number of phenols is 2. The molecule has 0 bridgehead atoms. The summed E-state index contributed by atoms with van der Waals surface area (Å²) in [6.07, 6.45) is 0. The molecule has 1 saturated heterocycles. The lowest BCUT2D eigenvalue weighted by Gasteiger charge is -2.41. The molecule has 2 aromatic carbocycles. The highest BCUT2D eigenvalue weighted by Gasteiger charge is 2.32. The smallest absolute Gasteiger partial charge is 0.279 e. The fourth-order valence-corrected chi connectivity index (χ4v) is 4.14. The van der Waals surface area contributed by atoms with Gasteiger partial charge in [0.05, 0.1) is 38.1 Å². The Labute approximate surface area is 214 Å². The Hall–Kier alpha value is -4.16. The van der Waals surface area contributed by atoms with Crippen LogP contribution >= 0.6 is 0 Å². The van der Waals surface area contributed by atoms with E-state index in [4.69, 9.17) is 0 Å². The van der Waals surface area contributed by atoms with Crippen molar-refractivity contribution in [3.63, 3.8) is 0 Å². The number of quaternary nitrogens is 1. The number of carbonyl (C=O) groups is 4. The molecule has 0 unspecified atom stereocenters. The molecule has 12 heteroatoms. The zero-order valence-electron chi connectivity index (χ0n) is 21.1. The first-order chi connectivity index (χ1) is 17.5. The van der Waals surface area contributed by atoms with E-state index in [-0.39, 0.29) is 59.6 Å². The maximum Gasteiger partial charge on any atom is 0.279 e. The summed E-state index contributed by atoms with van der Waals surface area (Å²) in [5.41, 5.74) is 0.901. The normalized spacial score (nSPS) is 14.9. The Morgan fingerprint density at radius 3 is 1.70 bits per heavy atom. The number of nitrogens with zero attached hydrogens (tertiary/aromatic N) is 2. The van der Waals surface area contributed by atoms with Gasteiger partial charge in [0.2, 0.25) is 17.7 Å². The van der Waals surface area contributed by atoms with Gasteiger partial charge in [0, 0.05) is 26.9 Å². The van der Waals surface area contributed by atoms with E-state index in [1.165, 1.54) is 26.0 Å². The van der Waals surface area contributed by atoms with E-state index in [2.05, 4.69) is 21.3 Å². The molecule has 4 amide bonds. The van der Waals surface area contributed by atoms with Crippen molar-refractivity contribution < 1.29 is 33.9 Å². The highest BCUT2D eigenvalue weighted by Crippen LogP contribution is 2.32. The Balaban J connectivity index is 1.54. The topological polar surface area (TPSA) is 160 Å². The van der Waals surface area contributed by atoms with Gasteiger partial charge in [0.25, 0.3) is 5.91 Å². The molecule has 1 fully saturated rings. The zero-order valence-corrected chi connectivity index (χ0v) is 21.1. The van der Waals surface area contributed by atoms with Gasteiger partial charge in [0.1, 0.15) is 22.9 Å². The van der Waals surface area contributed by atoms with E-state index in [0.29, 0.717) is 42.0 Å². The van der Waals surface area contributed by atoms with Gasteiger partial charge < -0.3 is 36.0 Å². The van der Waals surface area contributed by atoms with Crippen LogP contribution in [0.1, 0.15) is 13.8 Å². The number of piperazine rings is 1. The van der Waals surface area contributed by atoms with Crippen LogP contribution in [0.15, 0.2) is 36.4 Å². The Morgan fingerprint density at radius 2 is 1.24 bits per heavy atom. The van der Waals surface area contributed by atoms with E-state index in [1.54, 1.807) is 24.3 Å². The van der Waals surface area contributed by atoms with Crippen molar-refractivity contribution in [1.82, 2.24) is 4.90 Å². The molecule has 12 nitrogen and oxygen atoms in total. The predicted molar refractivity (Wildman–Crippen MR) is 139 cm³/mol. The van der Waals surface area contributed by atoms with Crippen LogP contribution in [0.4, 0.5) is 22.7 Å². The number of para-hydroxylation sites is 2. The molecule has 0 aromatic heterocycles. The van der Waals surface area contributed by atoms with Crippen LogP contribution in [0.5, 0.6) is 11.5 Å². The molecule has 0 spiro atoms. The third-order valence-corrected chi connectivity index (χ3v) is 6.04. The Morgan fingerprint density at radius 1 is 0.784 bits per heavy atom. The van der Waals surface area contributed by atoms with Crippen LogP contribution in [0.25, 0.3) is 0 Å². The van der Waals surface area contributed by atoms with Gasteiger partial charge in [0.15, 0.2) is 6.54 Å². The number of likely N-dealkylation sites (N-methyl/N-ethyl adjacent to an activating group) is 1. The first kappa shape index (κ1) is 27.4.